The number of nitrogens with zero attached hydrogens (tertiary/aromatic N) is 2. The van der Waals surface area contributed by atoms with Gasteiger partial charge in [0.05, 0.1) is 6.04 Å². The normalized spacial score (nSPS) is 18.4. The van der Waals surface area contributed by atoms with Gasteiger partial charge in [-0.05, 0) is 64.3 Å². The highest BCUT2D eigenvalue weighted by molar-refractivity contribution is 5.76. The molecule has 3 aromatic carbocycles. The van der Waals surface area contributed by atoms with Crippen molar-refractivity contribution in [2.75, 3.05) is 19.6 Å². The van der Waals surface area contributed by atoms with Crippen molar-refractivity contribution in [3.05, 3.63) is 131 Å². The average molecular weight is 527 g/mol. The van der Waals surface area contributed by atoms with Gasteiger partial charge in [0.15, 0.2) is 0 Å². The first-order valence-corrected chi connectivity index (χ1v) is 15.0. The molecule has 2 heteroatoms. The van der Waals surface area contributed by atoms with Gasteiger partial charge < -0.3 is 9.80 Å². The van der Waals surface area contributed by atoms with Crippen LogP contribution in [0.5, 0.6) is 0 Å². The van der Waals surface area contributed by atoms with Crippen molar-refractivity contribution in [1.82, 2.24) is 9.80 Å². The van der Waals surface area contributed by atoms with Gasteiger partial charge in [0.1, 0.15) is 0 Å². The fraction of sp³-hybridized carbons (Fsp3) is 0.316. The first kappa shape index (κ1) is 26.4. The second-order valence-corrected chi connectivity index (χ2v) is 12.5. The van der Waals surface area contributed by atoms with Gasteiger partial charge in [-0.2, -0.15) is 0 Å². The van der Waals surface area contributed by atoms with Crippen molar-refractivity contribution in [3.63, 3.8) is 0 Å². The summed E-state index contributed by atoms with van der Waals surface area (Å²) in [5, 5.41) is 0. The minimum absolute atomic E-state index is 0.119. The molecule has 3 aliphatic rings. The maximum absolute atomic E-state index is 2.68. The molecule has 0 saturated heterocycles. The number of fused-ring (bicyclic) bond motifs is 3. The summed E-state index contributed by atoms with van der Waals surface area (Å²) in [6, 6.07) is 29.3. The van der Waals surface area contributed by atoms with Gasteiger partial charge in [-0.3, -0.25) is 0 Å². The van der Waals surface area contributed by atoms with E-state index in [-0.39, 0.29) is 5.41 Å². The van der Waals surface area contributed by atoms with E-state index in [2.05, 4.69) is 141 Å². The molecule has 0 saturated carbocycles. The molecule has 40 heavy (non-hydrogen) atoms. The molecule has 3 heterocycles. The summed E-state index contributed by atoms with van der Waals surface area (Å²) >= 11 is 0. The second-order valence-electron chi connectivity index (χ2n) is 12.5. The molecule has 2 nitrogen and oxygen atoms in total. The van der Waals surface area contributed by atoms with Gasteiger partial charge in [0.25, 0.3) is 0 Å². The molecule has 0 spiro atoms. The lowest BCUT2D eigenvalue weighted by Gasteiger charge is -2.36. The minimum Gasteiger partial charge on any atom is -0.367 e. The fourth-order valence-electron chi connectivity index (χ4n) is 6.53. The Bertz CT molecular complexity index is 1500. The summed E-state index contributed by atoms with van der Waals surface area (Å²) in [7, 11) is 0. The molecule has 3 aromatic rings. The van der Waals surface area contributed by atoms with Crippen LogP contribution in [0.3, 0.4) is 0 Å². The molecule has 0 bridgehead atoms. The van der Waals surface area contributed by atoms with Gasteiger partial charge in [-0.25, -0.2) is 0 Å². The van der Waals surface area contributed by atoms with Crippen LogP contribution in [0.25, 0.3) is 22.5 Å². The average Bonchev–Trinajstić information content (AvgIpc) is 3.29. The van der Waals surface area contributed by atoms with E-state index in [0.717, 1.165) is 26.1 Å². The highest BCUT2D eigenvalue weighted by Crippen LogP contribution is 2.46. The third-order valence-corrected chi connectivity index (χ3v) is 8.67. The Morgan fingerprint density at radius 1 is 0.800 bits per heavy atom. The first-order chi connectivity index (χ1) is 19.4. The molecule has 1 atom stereocenters. The van der Waals surface area contributed by atoms with Crippen LogP contribution >= 0.6 is 0 Å². The topological polar surface area (TPSA) is 6.48 Å². The lowest BCUT2D eigenvalue weighted by Crippen LogP contribution is -2.32. The maximum Gasteiger partial charge on any atom is 0.0569 e. The van der Waals surface area contributed by atoms with Crippen LogP contribution in [0.1, 0.15) is 69.7 Å². The Morgan fingerprint density at radius 3 is 2.35 bits per heavy atom. The first-order valence-electron chi connectivity index (χ1n) is 15.0. The predicted octanol–water partition coefficient (Wildman–Crippen LogP) is 9.51. The Balaban J connectivity index is 1.30. The van der Waals surface area contributed by atoms with E-state index in [4.69, 9.17) is 0 Å². The van der Waals surface area contributed by atoms with Crippen LogP contribution in [-0.4, -0.2) is 29.4 Å². The molecule has 0 N–H and O–H groups in total. The number of hydrogen-bond donors (Lipinski definition) is 0. The third-order valence-electron chi connectivity index (χ3n) is 8.67. The van der Waals surface area contributed by atoms with Crippen LogP contribution in [0.2, 0.25) is 0 Å². The number of hydrogen-bond acceptors (Lipinski definition) is 2. The Labute approximate surface area is 241 Å². The van der Waals surface area contributed by atoms with E-state index >= 15 is 0 Å². The quantitative estimate of drug-likeness (QED) is 0.302. The van der Waals surface area contributed by atoms with Gasteiger partial charge >= 0.3 is 0 Å². The maximum atomic E-state index is 2.68. The van der Waals surface area contributed by atoms with Crippen LogP contribution in [-0.2, 0) is 0 Å². The van der Waals surface area contributed by atoms with Gasteiger partial charge in [-0.1, -0.05) is 125 Å². The van der Waals surface area contributed by atoms with E-state index in [1.807, 2.05) is 0 Å². The second kappa shape index (κ2) is 11.0. The Kier molecular flexibility index (Phi) is 7.27. The predicted molar refractivity (Wildman–Crippen MR) is 170 cm³/mol. The van der Waals surface area contributed by atoms with Crippen LogP contribution in [0, 0.1) is 5.41 Å². The van der Waals surface area contributed by atoms with E-state index < -0.39 is 0 Å². The highest BCUT2D eigenvalue weighted by atomic mass is 15.2. The minimum atomic E-state index is 0.119. The van der Waals surface area contributed by atoms with Crippen LogP contribution in [0.4, 0.5) is 0 Å². The number of rotatable bonds is 7. The monoisotopic (exact) mass is 526 g/mol. The van der Waals surface area contributed by atoms with Gasteiger partial charge in [0, 0.05) is 36.6 Å². The SMILES string of the molecule is CCCC1=CC=C2c3ccccc3[C@@H](CCN3CC=C(C(C)(C)C)C=C3c3cccc(-c4ccccc4)c3)N2C1. The van der Waals surface area contributed by atoms with Gasteiger partial charge in [-0.15, -0.1) is 0 Å². The lowest BCUT2D eigenvalue weighted by molar-refractivity contribution is 0.285. The molecule has 0 aliphatic carbocycles. The van der Waals surface area contributed by atoms with Crippen molar-refractivity contribution in [3.8, 4) is 11.1 Å². The molecule has 204 valence electrons. The molecule has 6 rings (SSSR count). The summed E-state index contributed by atoms with van der Waals surface area (Å²) in [5.74, 6) is 0. The lowest BCUT2D eigenvalue weighted by atomic mass is 9.83. The Hall–Kier alpha value is -3.78. The van der Waals surface area contributed by atoms with Crippen LogP contribution < -0.4 is 0 Å². The van der Waals surface area contributed by atoms with Gasteiger partial charge in [0.2, 0.25) is 0 Å². The fourth-order valence-corrected chi connectivity index (χ4v) is 6.53. The molecule has 0 fully saturated rings. The highest BCUT2D eigenvalue weighted by Gasteiger charge is 2.35. The zero-order valence-electron chi connectivity index (χ0n) is 24.5. The molecule has 0 amide bonds. The number of allylic oxidation sites excluding steroid dienone is 4. The molecular formula is C38H42N2. The van der Waals surface area contributed by atoms with E-state index in [1.54, 1.807) is 5.57 Å². The van der Waals surface area contributed by atoms with Crippen molar-refractivity contribution in [1.29, 1.82) is 0 Å². The zero-order valence-corrected chi connectivity index (χ0v) is 24.5. The van der Waals surface area contributed by atoms with E-state index in [9.17, 15) is 0 Å². The summed E-state index contributed by atoms with van der Waals surface area (Å²) in [5.41, 5.74) is 12.6. The zero-order chi connectivity index (χ0) is 27.7. The van der Waals surface area contributed by atoms with Crippen molar-refractivity contribution in [2.45, 2.75) is 53.0 Å². The third kappa shape index (κ3) is 5.20. The largest absolute Gasteiger partial charge is 0.367 e. The summed E-state index contributed by atoms with van der Waals surface area (Å²) in [4.78, 5) is 5.28. The molecule has 0 aromatic heterocycles. The van der Waals surface area contributed by atoms with Crippen molar-refractivity contribution < 1.29 is 0 Å². The van der Waals surface area contributed by atoms with E-state index in [0.29, 0.717) is 6.04 Å². The standard InChI is InChI=1S/C38H42N2/c1-5-12-28-19-20-35-33-17-9-10-18-34(33)36(40(35)27-28)22-24-39-23-21-32(38(2,3)4)26-37(39)31-16-11-15-30(25-31)29-13-7-6-8-14-29/h6-11,13-21,25-26,36H,5,12,22-24,27H2,1-4H3/t36-/m1/s1. The van der Waals surface area contributed by atoms with E-state index in [1.165, 1.54) is 57.6 Å². The summed E-state index contributed by atoms with van der Waals surface area (Å²) in [6.45, 7) is 12.3. The molecule has 3 aliphatic heterocycles. The molecular weight excluding hydrogens is 484 g/mol. The van der Waals surface area contributed by atoms with Crippen molar-refractivity contribution in [2.24, 2.45) is 5.41 Å². The summed E-state index contributed by atoms with van der Waals surface area (Å²) in [6.07, 6.45) is 13.1. The number of benzene rings is 3. The smallest absolute Gasteiger partial charge is 0.0569 e. The summed E-state index contributed by atoms with van der Waals surface area (Å²) < 4.78 is 0. The molecule has 0 unspecified atom stereocenters. The Morgan fingerprint density at radius 2 is 1.55 bits per heavy atom. The molecule has 0 radical (unpaired) electrons. The van der Waals surface area contributed by atoms with Crippen LogP contribution in [0.15, 0.2) is 114 Å². The van der Waals surface area contributed by atoms with Crippen molar-refractivity contribution >= 4 is 11.4 Å².